The topological polar surface area (TPSA) is 66.4 Å². The molecule has 2 atom stereocenters. The predicted molar refractivity (Wildman–Crippen MR) is 91.9 cm³/mol. The zero-order chi connectivity index (χ0) is 18.1. The van der Waals surface area contributed by atoms with Crippen molar-refractivity contribution < 1.29 is 14.7 Å². The van der Waals surface area contributed by atoms with Crippen molar-refractivity contribution >= 4 is 11.7 Å². The fourth-order valence-corrected chi connectivity index (χ4v) is 2.27. The molecule has 2 unspecified atom stereocenters. The van der Waals surface area contributed by atoms with Crippen molar-refractivity contribution in [3.8, 4) is 0 Å². The summed E-state index contributed by atoms with van der Waals surface area (Å²) in [6, 6.07) is 8.05. The molecule has 0 fully saturated rings. The SMILES string of the molecule is CC(C)(C)C(=O)C(NC(=O)C(C)(O)c1ccccc1)C(C)(C)C. The second kappa shape index (κ2) is 6.44. The van der Waals surface area contributed by atoms with Gasteiger partial charge < -0.3 is 10.4 Å². The van der Waals surface area contributed by atoms with Crippen LogP contribution in [0.1, 0.15) is 54.0 Å². The van der Waals surface area contributed by atoms with Gasteiger partial charge in [0, 0.05) is 5.41 Å². The lowest BCUT2D eigenvalue weighted by Crippen LogP contribution is -2.56. The number of benzene rings is 1. The van der Waals surface area contributed by atoms with Crippen molar-refractivity contribution in [3.05, 3.63) is 35.9 Å². The molecule has 0 aliphatic carbocycles. The Morgan fingerprint density at radius 3 is 1.83 bits per heavy atom. The molecule has 0 aliphatic rings. The van der Waals surface area contributed by atoms with Gasteiger partial charge in [-0.3, -0.25) is 9.59 Å². The second-order valence-electron chi connectivity index (χ2n) is 8.32. The highest BCUT2D eigenvalue weighted by atomic mass is 16.3. The Morgan fingerprint density at radius 1 is 0.957 bits per heavy atom. The summed E-state index contributed by atoms with van der Waals surface area (Å²) < 4.78 is 0. The van der Waals surface area contributed by atoms with Gasteiger partial charge in [-0.15, -0.1) is 0 Å². The Labute approximate surface area is 139 Å². The zero-order valence-corrected chi connectivity index (χ0v) is 15.2. The molecule has 0 aromatic heterocycles. The molecule has 0 aliphatic heterocycles. The average molecular weight is 319 g/mol. The normalized spacial score (nSPS) is 16.3. The van der Waals surface area contributed by atoms with Gasteiger partial charge in [0.15, 0.2) is 11.4 Å². The van der Waals surface area contributed by atoms with Crippen LogP contribution in [0.15, 0.2) is 30.3 Å². The third-order valence-corrected chi connectivity index (χ3v) is 3.92. The van der Waals surface area contributed by atoms with Crippen molar-refractivity contribution in [2.24, 2.45) is 10.8 Å². The number of ketones is 1. The van der Waals surface area contributed by atoms with E-state index in [0.29, 0.717) is 5.56 Å². The molecule has 23 heavy (non-hydrogen) atoms. The highest BCUT2D eigenvalue weighted by Crippen LogP contribution is 2.29. The number of hydrogen-bond acceptors (Lipinski definition) is 3. The quantitative estimate of drug-likeness (QED) is 0.896. The average Bonchev–Trinajstić information content (AvgIpc) is 2.42. The van der Waals surface area contributed by atoms with Gasteiger partial charge in [0.05, 0.1) is 6.04 Å². The molecular formula is C19H29NO3. The van der Waals surface area contributed by atoms with E-state index in [1.54, 1.807) is 24.3 Å². The fourth-order valence-electron chi connectivity index (χ4n) is 2.27. The van der Waals surface area contributed by atoms with Crippen molar-refractivity contribution in [2.75, 3.05) is 0 Å². The molecule has 1 amide bonds. The number of carbonyl (C=O) groups excluding carboxylic acids is 2. The minimum absolute atomic E-state index is 0.0535. The second-order valence-corrected chi connectivity index (χ2v) is 8.32. The predicted octanol–water partition coefficient (Wildman–Crippen LogP) is 3.04. The van der Waals surface area contributed by atoms with E-state index in [4.69, 9.17) is 0 Å². The van der Waals surface area contributed by atoms with Crippen LogP contribution in [-0.4, -0.2) is 22.8 Å². The molecule has 4 heteroatoms. The Bertz CT molecular complexity index is 563. The third-order valence-electron chi connectivity index (χ3n) is 3.92. The van der Waals surface area contributed by atoms with Gasteiger partial charge in [0.1, 0.15) is 0 Å². The van der Waals surface area contributed by atoms with Crippen LogP contribution in [0.25, 0.3) is 0 Å². The summed E-state index contributed by atoms with van der Waals surface area (Å²) in [5, 5.41) is 13.4. The molecule has 2 N–H and O–H groups in total. The Hall–Kier alpha value is -1.68. The van der Waals surface area contributed by atoms with Crippen molar-refractivity contribution in [3.63, 3.8) is 0 Å². The minimum Gasteiger partial charge on any atom is -0.376 e. The minimum atomic E-state index is -1.69. The number of Topliss-reactive ketones (excluding diaryl/α,β-unsaturated/α-hetero) is 1. The first-order valence-electron chi connectivity index (χ1n) is 7.91. The van der Waals surface area contributed by atoms with E-state index in [0.717, 1.165) is 0 Å². The summed E-state index contributed by atoms with van der Waals surface area (Å²) in [6.07, 6.45) is 0. The van der Waals surface area contributed by atoms with Crippen molar-refractivity contribution in [2.45, 2.75) is 60.1 Å². The van der Waals surface area contributed by atoms with E-state index < -0.39 is 28.4 Å². The van der Waals surface area contributed by atoms with Gasteiger partial charge in [-0.05, 0) is 17.9 Å². The molecule has 1 aromatic carbocycles. The fraction of sp³-hybridized carbons (Fsp3) is 0.579. The molecule has 0 radical (unpaired) electrons. The van der Waals surface area contributed by atoms with E-state index in [9.17, 15) is 14.7 Å². The lowest BCUT2D eigenvalue weighted by molar-refractivity contribution is -0.144. The molecule has 0 saturated carbocycles. The van der Waals surface area contributed by atoms with Gasteiger partial charge in [-0.2, -0.15) is 0 Å². The summed E-state index contributed by atoms with van der Waals surface area (Å²) in [7, 11) is 0. The molecule has 1 aromatic rings. The molecule has 0 saturated heterocycles. The van der Waals surface area contributed by atoms with Gasteiger partial charge in [0.2, 0.25) is 0 Å². The molecular weight excluding hydrogens is 290 g/mol. The summed E-state index contributed by atoms with van der Waals surface area (Å²) in [6.45, 7) is 12.6. The molecule has 4 nitrogen and oxygen atoms in total. The largest absolute Gasteiger partial charge is 0.376 e. The van der Waals surface area contributed by atoms with E-state index in [2.05, 4.69) is 5.32 Å². The highest BCUT2D eigenvalue weighted by molar-refractivity contribution is 5.95. The number of aliphatic hydroxyl groups is 1. The zero-order valence-electron chi connectivity index (χ0n) is 15.2. The summed E-state index contributed by atoms with van der Waals surface area (Å²) >= 11 is 0. The number of nitrogens with one attached hydrogen (secondary N) is 1. The monoisotopic (exact) mass is 319 g/mol. The van der Waals surface area contributed by atoms with Gasteiger partial charge >= 0.3 is 0 Å². The first kappa shape index (κ1) is 19.4. The van der Waals surface area contributed by atoms with E-state index in [-0.39, 0.29) is 5.78 Å². The highest BCUT2D eigenvalue weighted by Gasteiger charge is 2.42. The number of amides is 1. The first-order chi connectivity index (χ1) is 10.3. The van der Waals surface area contributed by atoms with Gasteiger partial charge in [0.25, 0.3) is 5.91 Å². The summed E-state index contributed by atoms with van der Waals surface area (Å²) in [5.41, 5.74) is -2.23. The van der Waals surface area contributed by atoms with Crippen LogP contribution >= 0.6 is 0 Å². The lowest BCUT2D eigenvalue weighted by Gasteiger charge is -2.36. The number of carbonyl (C=O) groups is 2. The van der Waals surface area contributed by atoms with Crippen LogP contribution in [0.2, 0.25) is 0 Å². The van der Waals surface area contributed by atoms with Crippen LogP contribution in [-0.2, 0) is 15.2 Å². The summed E-state index contributed by atoms with van der Waals surface area (Å²) in [4.78, 5) is 25.4. The number of hydrogen-bond donors (Lipinski definition) is 2. The van der Waals surface area contributed by atoms with Crippen molar-refractivity contribution in [1.82, 2.24) is 5.32 Å². The van der Waals surface area contributed by atoms with E-state index in [1.165, 1.54) is 6.92 Å². The van der Waals surface area contributed by atoms with Gasteiger partial charge in [-0.25, -0.2) is 0 Å². The summed E-state index contributed by atoms with van der Waals surface area (Å²) in [5.74, 6) is -0.622. The molecule has 0 bridgehead atoms. The maximum Gasteiger partial charge on any atom is 0.256 e. The van der Waals surface area contributed by atoms with E-state index in [1.807, 2.05) is 47.6 Å². The molecule has 0 spiro atoms. The maximum atomic E-state index is 12.7. The first-order valence-corrected chi connectivity index (χ1v) is 7.91. The van der Waals surface area contributed by atoms with Crippen LogP contribution in [0.5, 0.6) is 0 Å². The van der Waals surface area contributed by atoms with E-state index >= 15 is 0 Å². The van der Waals surface area contributed by atoms with Crippen molar-refractivity contribution in [1.29, 1.82) is 0 Å². The van der Waals surface area contributed by atoms with Crippen LogP contribution in [0.4, 0.5) is 0 Å². The van der Waals surface area contributed by atoms with Crippen LogP contribution < -0.4 is 5.32 Å². The molecule has 128 valence electrons. The Morgan fingerprint density at radius 2 is 1.43 bits per heavy atom. The molecule has 0 heterocycles. The maximum absolute atomic E-state index is 12.7. The lowest BCUT2D eigenvalue weighted by atomic mass is 9.75. The number of rotatable bonds is 4. The standard InChI is InChI=1S/C19H29NO3/c1-17(2,3)14(15(21)18(4,5)6)20-16(22)19(7,23)13-11-9-8-10-12-13/h8-12,14,23H,1-7H3,(H,20,22). The van der Waals surface area contributed by atoms with Gasteiger partial charge in [-0.1, -0.05) is 71.9 Å². The molecule has 1 rings (SSSR count). The Kier molecular flexibility index (Phi) is 5.42. The Balaban J connectivity index is 3.10. The third kappa shape index (κ3) is 4.64. The van der Waals surface area contributed by atoms with Crippen LogP contribution in [0, 0.1) is 10.8 Å². The smallest absolute Gasteiger partial charge is 0.256 e. The van der Waals surface area contributed by atoms with Crippen LogP contribution in [0.3, 0.4) is 0 Å².